The van der Waals surface area contributed by atoms with Crippen molar-refractivity contribution in [3.8, 4) is 0 Å². The van der Waals surface area contributed by atoms with Gasteiger partial charge in [-0.25, -0.2) is 17.9 Å². The first kappa shape index (κ1) is 14.9. The van der Waals surface area contributed by atoms with Gasteiger partial charge >= 0.3 is 6.09 Å². The zero-order valence-corrected chi connectivity index (χ0v) is 11.0. The Morgan fingerprint density at radius 2 is 2.33 bits per heavy atom. The van der Waals surface area contributed by atoms with E-state index in [1.54, 1.807) is 0 Å². The third-order valence-electron chi connectivity index (χ3n) is 2.71. The summed E-state index contributed by atoms with van der Waals surface area (Å²) in [6, 6.07) is -0.129. The summed E-state index contributed by atoms with van der Waals surface area (Å²) in [5, 5.41) is 0.905. The maximum atomic E-state index is 11.3. The monoisotopic (exact) mass is 277 g/mol. The molecular formula is C10H19N3O4S. The number of nitrogens with two attached hydrogens (primary N) is 1. The van der Waals surface area contributed by atoms with Gasteiger partial charge in [0.05, 0.1) is 0 Å². The molecule has 3 N–H and O–H groups in total. The lowest BCUT2D eigenvalue weighted by Crippen LogP contribution is -2.48. The number of carbonyl (C=O) groups is 1. The first-order valence-electron chi connectivity index (χ1n) is 5.72. The van der Waals surface area contributed by atoms with Gasteiger partial charge in [0, 0.05) is 24.5 Å². The summed E-state index contributed by atoms with van der Waals surface area (Å²) < 4.78 is 29.9. The number of hydrogen-bond donors (Lipinski definition) is 2. The van der Waals surface area contributed by atoms with E-state index in [0.717, 1.165) is 24.8 Å². The Bertz CT molecular complexity index is 396. The molecule has 1 aliphatic rings. The van der Waals surface area contributed by atoms with E-state index < -0.39 is 16.1 Å². The molecule has 1 atom stereocenters. The maximum Gasteiger partial charge on any atom is 0.404 e. The van der Waals surface area contributed by atoms with Gasteiger partial charge in [-0.2, -0.15) is 0 Å². The van der Waals surface area contributed by atoms with Crippen molar-refractivity contribution in [2.45, 2.75) is 18.9 Å². The van der Waals surface area contributed by atoms with Crippen molar-refractivity contribution in [1.29, 1.82) is 0 Å². The van der Waals surface area contributed by atoms with Crippen LogP contribution >= 0.6 is 0 Å². The highest BCUT2D eigenvalue weighted by Gasteiger charge is 2.22. The second-order valence-electron chi connectivity index (χ2n) is 4.14. The lowest BCUT2D eigenvalue weighted by Gasteiger charge is -2.32. The largest absolute Gasteiger partial charge is 0.448 e. The topological polar surface area (TPSA) is 102 Å². The number of sulfonamides is 1. The van der Waals surface area contributed by atoms with Crippen LogP contribution in [0.4, 0.5) is 4.79 Å². The van der Waals surface area contributed by atoms with E-state index in [0.29, 0.717) is 13.1 Å². The van der Waals surface area contributed by atoms with Crippen LogP contribution in [-0.2, 0) is 14.8 Å². The summed E-state index contributed by atoms with van der Waals surface area (Å²) in [5.41, 5.74) is 4.85. The normalized spacial score (nSPS) is 21.4. The van der Waals surface area contributed by atoms with Gasteiger partial charge in [0.15, 0.2) is 0 Å². The van der Waals surface area contributed by atoms with Crippen molar-refractivity contribution in [2.75, 3.05) is 26.2 Å². The second kappa shape index (κ2) is 6.72. The molecule has 1 unspecified atom stereocenters. The van der Waals surface area contributed by atoms with E-state index in [9.17, 15) is 13.2 Å². The molecule has 1 rings (SSSR count). The highest BCUT2D eigenvalue weighted by molar-refractivity contribution is 7.92. The molecule has 0 aromatic heterocycles. The van der Waals surface area contributed by atoms with E-state index in [-0.39, 0.29) is 12.6 Å². The lowest BCUT2D eigenvalue weighted by atomic mass is 10.1. The Hall–Kier alpha value is -1.12. The number of ether oxygens (including phenoxy) is 1. The molecule has 1 fully saturated rings. The van der Waals surface area contributed by atoms with Crippen LogP contribution in [0.2, 0.25) is 0 Å². The number of hydrogen-bond acceptors (Lipinski definition) is 5. The fourth-order valence-electron chi connectivity index (χ4n) is 1.91. The van der Waals surface area contributed by atoms with Gasteiger partial charge in [0.1, 0.15) is 6.61 Å². The SMILES string of the molecule is C=CS(=O)(=O)NC1CCCN(CCOC(N)=O)C1. The molecule has 0 aromatic carbocycles. The Morgan fingerprint density at radius 3 is 2.94 bits per heavy atom. The fraction of sp³-hybridized carbons (Fsp3) is 0.700. The number of primary amides is 1. The molecule has 0 saturated carbocycles. The summed E-state index contributed by atoms with van der Waals surface area (Å²) in [4.78, 5) is 12.4. The van der Waals surface area contributed by atoms with Gasteiger partial charge in [-0.3, -0.25) is 4.90 Å². The molecule has 7 nitrogen and oxygen atoms in total. The first-order valence-corrected chi connectivity index (χ1v) is 7.27. The highest BCUT2D eigenvalue weighted by atomic mass is 32.2. The van der Waals surface area contributed by atoms with Crippen molar-refractivity contribution in [1.82, 2.24) is 9.62 Å². The summed E-state index contributed by atoms with van der Waals surface area (Å²) in [5.74, 6) is 0. The van der Waals surface area contributed by atoms with Crippen molar-refractivity contribution >= 4 is 16.1 Å². The molecule has 1 saturated heterocycles. The molecular weight excluding hydrogens is 258 g/mol. The van der Waals surface area contributed by atoms with Gasteiger partial charge in [-0.1, -0.05) is 6.58 Å². The number of piperidine rings is 1. The molecule has 0 bridgehead atoms. The van der Waals surface area contributed by atoms with Crippen molar-refractivity contribution in [3.05, 3.63) is 12.0 Å². The molecule has 104 valence electrons. The van der Waals surface area contributed by atoms with Crippen molar-refractivity contribution in [3.63, 3.8) is 0 Å². The number of nitrogens with one attached hydrogen (secondary N) is 1. The molecule has 8 heteroatoms. The molecule has 0 radical (unpaired) electrons. The third-order valence-corrected chi connectivity index (χ3v) is 3.81. The summed E-state index contributed by atoms with van der Waals surface area (Å²) in [6.07, 6.45) is 0.886. The minimum atomic E-state index is -3.39. The minimum absolute atomic E-state index is 0.129. The molecule has 0 aromatic rings. The molecule has 1 amide bonds. The van der Waals surface area contributed by atoms with E-state index in [2.05, 4.69) is 16.0 Å². The first-order chi connectivity index (χ1) is 8.43. The lowest BCUT2D eigenvalue weighted by molar-refractivity contribution is 0.123. The molecule has 1 heterocycles. The smallest absolute Gasteiger partial charge is 0.404 e. The molecule has 18 heavy (non-hydrogen) atoms. The van der Waals surface area contributed by atoms with Crippen LogP contribution < -0.4 is 10.5 Å². The molecule has 1 aliphatic heterocycles. The fourth-order valence-corrected chi connectivity index (χ4v) is 2.66. The van der Waals surface area contributed by atoms with Crippen LogP contribution in [0.1, 0.15) is 12.8 Å². The Balaban J connectivity index is 2.36. The summed E-state index contributed by atoms with van der Waals surface area (Å²) in [6.45, 7) is 5.47. The Morgan fingerprint density at radius 1 is 1.61 bits per heavy atom. The van der Waals surface area contributed by atoms with Crippen LogP contribution in [0.25, 0.3) is 0 Å². The average Bonchev–Trinajstić information content (AvgIpc) is 2.28. The summed E-state index contributed by atoms with van der Waals surface area (Å²) in [7, 11) is -3.39. The Kier molecular flexibility index (Phi) is 5.57. The standard InChI is InChI=1S/C10H19N3O4S/c1-2-18(15,16)12-9-4-3-5-13(8-9)6-7-17-10(11)14/h2,9,12H,1,3-8H2,(H2,11,14). The zero-order chi connectivity index (χ0) is 13.6. The van der Waals surface area contributed by atoms with Crippen molar-refractivity contribution < 1.29 is 17.9 Å². The average molecular weight is 277 g/mol. The number of rotatable bonds is 6. The second-order valence-corrected chi connectivity index (χ2v) is 5.80. The van der Waals surface area contributed by atoms with Gasteiger partial charge in [-0.05, 0) is 19.4 Å². The maximum absolute atomic E-state index is 11.3. The van der Waals surface area contributed by atoms with Crippen LogP contribution in [0.15, 0.2) is 12.0 Å². The summed E-state index contributed by atoms with van der Waals surface area (Å²) >= 11 is 0. The zero-order valence-electron chi connectivity index (χ0n) is 10.2. The van der Waals surface area contributed by atoms with Crippen molar-refractivity contribution in [2.24, 2.45) is 5.73 Å². The minimum Gasteiger partial charge on any atom is -0.448 e. The van der Waals surface area contributed by atoms with Gasteiger partial charge in [0.25, 0.3) is 0 Å². The van der Waals surface area contributed by atoms with Crippen LogP contribution in [-0.4, -0.2) is 51.7 Å². The number of amides is 1. The molecule has 0 aliphatic carbocycles. The highest BCUT2D eigenvalue weighted by Crippen LogP contribution is 2.10. The predicted molar refractivity (Wildman–Crippen MR) is 67.2 cm³/mol. The van der Waals surface area contributed by atoms with Crippen LogP contribution in [0, 0.1) is 0 Å². The number of carbonyl (C=O) groups excluding carboxylic acids is 1. The van der Waals surface area contributed by atoms with E-state index in [1.807, 2.05) is 4.90 Å². The van der Waals surface area contributed by atoms with E-state index in [1.165, 1.54) is 0 Å². The Labute approximate surface area is 107 Å². The van der Waals surface area contributed by atoms with Gasteiger partial charge < -0.3 is 10.5 Å². The molecule has 0 spiro atoms. The van der Waals surface area contributed by atoms with Crippen LogP contribution in [0.5, 0.6) is 0 Å². The third kappa shape index (κ3) is 5.48. The quantitative estimate of drug-likeness (QED) is 0.688. The van der Waals surface area contributed by atoms with E-state index in [4.69, 9.17) is 5.73 Å². The van der Waals surface area contributed by atoms with Gasteiger partial charge in [-0.15, -0.1) is 0 Å². The number of likely N-dealkylation sites (tertiary alicyclic amines) is 1. The number of nitrogens with zero attached hydrogens (tertiary/aromatic N) is 1. The predicted octanol–water partition coefficient (Wildman–Crippen LogP) is -0.391. The van der Waals surface area contributed by atoms with E-state index >= 15 is 0 Å². The van der Waals surface area contributed by atoms with Gasteiger partial charge in [0.2, 0.25) is 10.0 Å². The van der Waals surface area contributed by atoms with Crippen LogP contribution in [0.3, 0.4) is 0 Å².